The van der Waals surface area contributed by atoms with Crippen LogP contribution in [-0.2, 0) is 23.8 Å². The van der Waals surface area contributed by atoms with Crippen LogP contribution in [0, 0.1) is 11.8 Å². The molecule has 0 rings (SSSR count). The topological polar surface area (TPSA) is 61.8 Å². The van der Waals surface area contributed by atoms with Crippen LogP contribution in [0.3, 0.4) is 0 Å². The van der Waals surface area contributed by atoms with Gasteiger partial charge < -0.3 is 14.2 Å². The van der Waals surface area contributed by atoms with Gasteiger partial charge in [0.25, 0.3) is 0 Å². The number of esters is 2. The molecule has 0 aliphatic rings. The highest BCUT2D eigenvalue weighted by atomic mass is 16.7. The second-order valence-corrected chi connectivity index (χ2v) is 4.03. The SMILES string of the molecule is CCOC(C)OC(=O)C(C)C(C)COC(C)=O. The van der Waals surface area contributed by atoms with Crippen molar-refractivity contribution in [2.24, 2.45) is 11.8 Å². The fourth-order valence-electron chi connectivity index (χ4n) is 1.17. The third kappa shape index (κ3) is 6.94. The molecule has 0 radical (unpaired) electrons. The van der Waals surface area contributed by atoms with E-state index in [0.29, 0.717) is 6.61 Å². The average Bonchev–Trinajstić information content (AvgIpc) is 2.24. The molecule has 3 atom stereocenters. The molecule has 3 unspecified atom stereocenters. The predicted molar refractivity (Wildman–Crippen MR) is 62.1 cm³/mol. The standard InChI is InChI=1S/C12H22O5/c1-6-15-11(5)17-12(14)9(3)8(2)7-16-10(4)13/h8-9,11H,6-7H2,1-5H3. The average molecular weight is 246 g/mol. The Kier molecular flexibility index (Phi) is 7.54. The Labute approximate surface area is 102 Å². The van der Waals surface area contributed by atoms with Crippen molar-refractivity contribution >= 4 is 11.9 Å². The number of carbonyl (C=O) groups is 2. The van der Waals surface area contributed by atoms with Crippen molar-refractivity contribution in [1.82, 2.24) is 0 Å². The van der Waals surface area contributed by atoms with Crippen LogP contribution in [0.5, 0.6) is 0 Å². The summed E-state index contributed by atoms with van der Waals surface area (Å²) < 4.78 is 15.0. The molecule has 0 amide bonds. The summed E-state index contributed by atoms with van der Waals surface area (Å²) in [4.78, 5) is 22.3. The maximum Gasteiger partial charge on any atom is 0.311 e. The minimum absolute atomic E-state index is 0.0831. The third-order valence-corrected chi connectivity index (χ3v) is 2.46. The van der Waals surface area contributed by atoms with Crippen molar-refractivity contribution < 1.29 is 23.8 Å². The van der Waals surface area contributed by atoms with Crippen LogP contribution in [0.1, 0.15) is 34.6 Å². The summed E-state index contributed by atoms with van der Waals surface area (Å²) >= 11 is 0. The minimum Gasteiger partial charge on any atom is -0.466 e. The van der Waals surface area contributed by atoms with Gasteiger partial charge in [0.1, 0.15) is 0 Å². The minimum atomic E-state index is -0.545. The second-order valence-electron chi connectivity index (χ2n) is 4.03. The number of hydrogen-bond donors (Lipinski definition) is 0. The van der Waals surface area contributed by atoms with Crippen molar-refractivity contribution in [1.29, 1.82) is 0 Å². The predicted octanol–water partition coefficient (Wildman–Crippen LogP) is 1.75. The Morgan fingerprint density at radius 2 is 1.76 bits per heavy atom. The molecule has 0 heterocycles. The van der Waals surface area contributed by atoms with E-state index in [-0.39, 0.29) is 30.4 Å². The summed E-state index contributed by atoms with van der Waals surface area (Å²) in [6.07, 6.45) is -0.545. The molecule has 0 aromatic heterocycles. The van der Waals surface area contributed by atoms with E-state index in [0.717, 1.165) is 0 Å². The Morgan fingerprint density at radius 1 is 1.18 bits per heavy atom. The van der Waals surface area contributed by atoms with E-state index in [1.165, 1.54) is 6.92 Å². The number of carbonyl (C=O) groups excluding carboxylic acids is 2. The summed E-state index contributed by atoms with van der Waals surface area (Å²) in [5.74, 6) is -1.11. The lowest BCUT2D eigenvalue weighted by Gasteiger charge is -2.20. The molecule has 100 valence electrons. The molecule has 0 spiro atoms. The van der Waals surface area contributed by atoms with Gasteiger partial charge in [0.15, 0.2) is 6.29 Å². The first-order chi connectivity index (χ1) is 7.88. The van der Waals surface area contributed by atoms with Gasteiger partial charge in [-0.25, -0.2) is 0 Å². The zero-order valence-electron chi connectivity index (χ0n) is 11.2. The Bertz CT molecular complexity index is 251. The van der Waals surface area contributed by atoms with Crippen LogP contribution in [0.15, 0.2) is 0 Å². The van der Waals surface area contributed by atoms with Gasteiger partial charge in [0.05, 0.1) is 12.5 Å². The molecule has 5 heteroatoms. The highest BCUT2D eigenvalue weighted by molar-refractivity contribution is 5.72. The normalized spacial score (nSPS) is 15.8. The molecule has 5 nitrogen and oxygen atoms in total. The summed E-state index contributed by atoms with van der Waals surface area (Å²) in [5, 5.41) is 0. The first kappa shape index (κ1) is 15.9. The van der Waals surface area contributed by atoms with Crippen molar-refractivity contribution in [2.75, 3.05) is 13.2 Å². The molecule has 0 aromatic carbocycles. The molecule has 0 aromatic rings. The molecule has 0 N–H and O–H groups in total. The van der Waals surface area contributed by atoms with Crippen molar-refractivity contribution in [2.45, 2.75) is 40.9 Å². The zero-order chi connectivity index (χ0) is 13.4. The van der Waals surface area contributed by atoms with Crippen LogP contribution in [0.4, 0.5) is 0 Å². The molecular formula is C12H22O5. The van der Waals surface area contributed by atoms with Gasteiger partial charge in [-0.1, -0.05) is 13.8 Å². The quantitative estimate of drug-likeness (QED) is 0.506. The third-order valence-electron chi connectivity index (χ3n) is 2.46. The fraction of sp³-hybridized carbons (Fsp3) is 0.833. The van der Waals surface area contributed by atoms with E-state index in [1.54, 1.807) is 13.8 Å². The number of ether oxygens (including phenoxy) is 3. The lowest BCUT2D eigenvalue weighted by molar-refractivity contribution is -0.180. The lowest BCUT2D eigenvalue weighted by Crippen LogP contribution is -2.28. The van der Waals surface area contributed by atoms with E-state index in [2.05, 4.69) is 0 Å². The van der Waals surface area contributed by atoms with Crippen LogP contribution in [-0.4, -0.2) is 31.4 Å². The Hall–Kier alpha value is -1.10. The van der Waals surface area contributed by atoms with Crippen LogP contribution in [0.2, 0.25) is 0 Å². The van der Waals surface area contributed by atoms with Crippen molar-refractivity contribution in [3.05, 3.63) is 0 Å². The monoisotopic (exact) mass is 246 g/mol. The Balaban J connectivity index is 4.06. The molecule has 0 saturated heterocycles. The van der Waals surface area contributed by atoms with Crippen LogP contribution < -0.4 is 0 Å². The van der Waals surface area contributed by atoms with Gasteiger partial charge in [0, 0.05) is 19.4 Å². The maximum atomic E-state index is 11.7. The largest absolute Gasteiger partial charge is 0.466 e. The maximum absolute atomic E-state index is 11.7. The zero-order valence-corrected chi connectivity index (χ0v) is 11.2. The van der Waals surface area contributed by atoms with Gasteiger partial charge in [-0.2, -0.15) is 0 Å². The highest BCUT2D eigenvalue weighted by Crippen LogP contribution is 2.14. The Morgan fingerprint density at radius 3 is 2.24 bits per heavy atom. The van der Waals surface area contributed by atoms with Gasteiger partial charge in [0.2, 0.25) is 0 Å². The number of rotatable bonds is 7. The van der Waals surface area contributed by atoms with Crippen molar-refractivity contribution in [3.63, 3.8) is 0 Å². The molecule has 0 aliphatic carbocycles. The van der Waals surface area contributed by atoms with E-state index in [4.69, 9.17) is 14.2 Å². The summed E-state index contributed by atoms with van der Waals surface area (Å²) in [5.41, 5.74) is 0. The summed E-state index contributed by atoms with van der Waals surface area (Å²) in [7, 11) is 0. The van der Waals surface area contributed by atoms with E-state index < -0.39 is 6.29 Å². The number of hydrogen-bond acceptors (Lipinski definition) is 5. The van der Waals surface area contributed by atoms with E-state index in [9.17, 15) is 9.59 Å². The summed E-state index contributed by atoms with van der Waals surface area (Å²) in [6, 6.07) is 0. The fourth-order valence-corrected chi connectivity index (χ4v) is 1.17. The van der Waals surface area contributed by atoms with Crippen LogP contribution >= 0.6 is 0 Å². The molecule has 17 heavy (non-hydrogen) atoms. The molecule has 0 aliphatic heterocycles. The van der Waals surface area contributed by atoms with E-state index >= 15 is 0 Å². The van der Waals surface area contributed by atoms with Crippen LogP contribution in [0.25, 0.3) is 0 Å². The molecule has 0 fully saturated rings. The summed E-state index contributed by atoms with van der Waals surface area (Å²) in [6.45, 7) is 9.13. The molecule has 0 saturated carbocycles. The highest BCUT2D eigenvalue weighted by Gasteiger charge is 2.24. The first-order valence-electron chi connectivity index (χ1n) is 5.83. The van der Waals surface area contributed by atoms with Gasteiger partial charge in [-0.05, 0) is 13.8 Å². The molecular weight excluding hydrogens is 224 g/mol. The lowest BCUT2D eigenvalue weighted by atomic mass is 9.97. The van der Waals surface area contributed by atoms with Gasteiger partial charge in [-0.15, -0.1) is 0 Å². The van der Waals surface area contributed by atoms with Crippen molar-refractivity contribution in [3.8, 4) is 0 Å². The molecule has 0 bridgehead atoms. The van der Waals surface area contributed by atoms with Gasteiger partial charge in [-0.3, -0.25) is 9.59 Å². The van der Waals surface area contributed by atoms with Gasteiger partial charge >= 0.3 is 11.9 Å². The second kappa shape index (κ2) is 8.06. The first-order valence-corrected chi connectivity index (χ1v) is 5.83. The smallest absolute Gasteiger partial charge is 0.311 e. The van der Waals surface area contributed by atoms with E-state index in [1.807, 2.05) is 13.8 Å².